The Morgan fingerprint density at radius 2 is 1.88 bits per heavy atom. The summed E-state index contributed by atoms with van der Waals surface area (Å²) in [6, 6.07) is 9.85. The van der Waals surface area contributed by atoms with Gasteiger partial charge in [-0.25, -0.2) is 9.18 Å². The predicted molar refractivity (Wildman–Crippen MR) is 117 cm³/mol. The van der Waals surface area contributed by atoms with Gasteiger partial charge in [-0.15, -0.1) is 0 Å². The Bertz CT molecular complexity index is 1280. The number of aryl methyl sites for hydroxylation is 1. The Balaban J connectivity index is 1.66. The van der Waals surface area contributed by atoms with Gasteiger partial charge in [-0.05, 0) is 36.2 Å². The van der Waals surface area contributed by atoms with Crippen LogP contribution in [0.25, 0.3) is 11.3 Å². The van der Waals surface area contributed by atoms with E-state index in [0.29, 0.717) is 28.1 Å². The van der Waals surface area contributed by atoms with Gasteiger partial charge in [0, 0.05) is 24.5 Å². The summed E-state index contributed by atoms with van der Waals surface area (Å²) in [5.74, 6) is -0.838. The second-order valence-corrected chi connectivity index (χ2v) is 7.42. The number of aromatic amines is 1. The van der Waals surface area contributed by atoms with Gasteiger partial charge in [0.05, 0.1) is 29.7 Å². The van der Waals surface area contributed by atoms with Crippen molar-refractivity contribution in [3.8, 4) is 11.3 Å². The van der Waals surface area contributed by atoms with E-state index in [1.165, 1.54) is 54.8 Å². The van der Waals surface area contributed by atoms with Crippen LogP contribution in [0.5, 0.6) is 0 Å². The van der Waals surface area contributed by atoms with Crippen LogP contribution in [0.15, 0.2) is 71.4 Å². The molecule has 0 unspecified atom stereocenters. The van der Waals surface area contributed by atoms with Crippen molar-refractivity contribution in [2.24, 2.45) is 0 Å². The number of carbonyl (C=O) groups is 2. The number of hydrogen-bond donors (Lipinski definition) is 3. The number of urea groups is 1. The molecule has 1 aromatic heterocycles. The molecule has 32 heavy (non-hydrogen) atoms. The van der Waals surface area contributed by atoms with Crippen LogP contribution in [0.1, 0.15) is 17.2 Å². The van der Waals surface area contributed by atoms with E-state index < -0.39 is 17.8 Å². The van der Waals surface area contributed by atoms with Gasteiger partial charge in [-0.3, -0.25) is 14.6 Å². The van der Waals surface area contributed by atoms with Crippen LogP contribution in [-0.4, -0.2) is 33.9 Å². The van der Waals surface area contributed by atoms with Crippen LogP contribution < -0.4 is 16.2 Å². The summed E-state index contributed by atoms with van der Waals surface area (Å²) in [7, 11) is 1.54. The minimum atomic E-state index is -0.738. The van der Waals surface area contributed by atoms with Crippen LogP contribution >= 0.6 is 0 Å². The summed E-state index contributed by atoms with van der Waals surface area (Å²) in [5.41, 5.74) is 3.07. The normalized spacial score (nSPS) is 15.7. The number of rotatable bonds is 4. The molecule has 2 aromatic carbocycles. The molecule has 0 bridgehead atoms. The van der Waals surface area contributed by atoms with Crippen molar-refractivity contribution in [2.75, 3.05) is 12.4 Å². The lowest BCUT2D eigenvalue weighted by Gasteiger charge is -2.30. The van der Waals surface area contributed by atoms with E-state index in [1.807, 2.05) is 19.1 Å². The third-order valence-electron chi connectivity index (χ3n) is 5.15. The maximum Gasteiger partial charge on any atom is 0.321 e. The molecule has 9 heteroatoms. The number of carbonyl (C=O) groups excluding carboxylic acids is 2. The first-order valence-corrected chi connectivity index (χ1v) is 9.79. The highest BCUT2D eigenvalue weighted by Gasteiger charge is 2.30. The lowest BCUT2D eigenvalue weighted by molar-refractivity contribution is -0.113. The molecular weight excluding hydrogens is 413 g/mol. The number of aromatic nitrogens is 2. The minimum absolute atomic E-state index is 0.290. The first-order valence-electron chi connectivity index (χ1n) is 9.79. The standard InChI is InChI=1S/C23H20FN5O3/c1-13-3-4-15(19-10-25-11-20(30)26-19)9-18(13)27-22(31)17-12-29(2)23(32)28-21(17)14-5-7-16(24)8-6-14/h3-12,21H,1-2H3,(H,26,30)(H,27,31)(H,28,32)/t21-/m0/s1. The van der Waals surface area contributed by atoms with E-state index in [-0.39, 0.29) is 11.6 Å². The van der Waals surface area contributed by atoms with Crippen molar-refractivity contribution < 1.29 is 14.0 Å². The molecule has 4 rings (SSSR count). The van der Waals surface area contributed by atoms with Gasteiger partial charge in [0.25, 0.3) is 11.5 Å². The van der Waals surface area contributed by atoms with E-state index in [2.05, 4.69) is 20.6 Å². The van der Waals surface area contributed by atoms with Crippen molar-refractivity contribution in [1.29, 1.82) is 0 Å². The van der Waals surface area contributed by atoms with Crippen LogP contribution in [0.4, 0.5) is 14.9 Å². The molecule has 0 aliphatic carbocycles. The molecule has 1 atom stereocenters. The number of amides is 3. The van der Waals surface area contributed by atoms with Crippen molar-refractivity contribution in [2.45, 2.75) is 13.0 Å². The van der Waals surface area contributed by atoms with Crippen molar-refractivity contribution >= 4 is 17.6 Å². The molecular formula is C23H20FN5O3. The van der Waals surface area contributed by atoms with Crippen molar-refractivity contribution in [1.82, 2.24) is 20.2 Å². The van der Waals surface area contributed by atoms with Crippen LogP contribution in [0.2, 0.25) is 0 Å². The number of benzene rings is 2. The van der Waals surface area contributed by atoms with Crippen LogP contribution in [-0.2, 0) is 4.79 Å². The molecule has 3 amide bonds. The monoisotopic (exact) mass is 433 g/mol. The van der Waals surface area contributed by atoms with Crippen LogP contribution in [0, 0.1) is 12.7 Å². The van der Waals surface area contributed by atoms with E-state index in [1.54, 1.807) is 6.07 Å². The molecule has 0 saturated heterocycles. The maximum absolute atomic E-state index is 13.4. The highest BCUT2D eigenvalue weighted by atomic mass is 19.1. The van der Waals surface area contributed by atoms with Gasteiger partial charge in [0.2, 0.25) is 0 Å². The number of halogens is 1. The number of nitrogens with zero attached hydrogens (tertiary/aromatic N) is 2. The van der Waals surface area contributed by atoms with E-state index in [4.69, 9.17) is 0 Å². The summed E-state index contributed by atoms with van der Waals surface area (Å²) >= 11 is 0. The molecule has 0 spiro atoms. The Labute approximate surface area is 182 Å². The predicted octanol–water partition coefficient (Wildman–Crippen LogP) is 3.10. The van der Waals surface area contributed by atoms with Crippen molar-refractivity contribution in [3.63, 3.8) is 0 Å². The number of H-pyrrole nitrogens is 1. The molecule has 0 radical (unpaired) electrons. The topological polar surface area (TPSA) is 107 Å². The molecule has 1 aliphatic heterocycles. The highest BCUT2D eigenvalue weighted by molar-refractivity contribution is 6.06. The average molecular weight is 433 g/mol. The fourth-order valence-electron chi connectivity index (χ4n) is 3.39. The maximum atomic E-state index is 13.4. The molecule has 8 nitrogen and oxygen atoms in total. The summed E-state index contributed by atoms with van der Waals surface area (Å²) in [6.07, 6.45) is 4.16. The lowest BCUT2D eigenvalue weighted by Crippen LogP contribution is -2.44. The summed E-state index contributed by atoms with van der Waals surface area (Å²) < 4.78 is 13.4. The summed E-state index contributed by atoms with van der Waals surface area (Å²) in [4.78, 5) is 44.9. The Morgan fingerprint density at radius 1 is 1.12 bits per heavy atom. The fraction of sp³-hybridized carbons (Fsp3) is 0.130. The zero-order valence-corrected chi connectivity index (χ0v) is 17.3. The molecule has 1 aliphatic rings. The zero-order chi connectivity index (χ0) is 22.8. The number of nitrogens with one attached hydrogen (secondary N) is 3. The molecule has 3 aromatic rings. The number of hydrogen-bond acceptors (Lipinski definition) is 4. The van der Waals surface area contributed by atoms with Gasteiger partial charge in [0.15, 0.2) is 0 Å². The van der Waals surface area contributed by atoms with E-state index >= 15 is 0 Å². The van der Waals surface area contributed by atoms with Gasteiger partial charge in [-0.2, -0.15) is 0 Å². The Kier molecular flexibility index (Phi) is 5.55. The summed E-state index contributed by atoms with van der Waals surface area (Å²) in [6.45, 7) is 1.84. The van der Waals surface area contributed by atoms with Crippen LogP contribution in [0.3, 0.4) is 0 Å². The fourth-order valence-corrected chi connectivity index (χ4v) is 3.39. The first-order chi connectivity index (χ1) is 15.3. The van der Waals surface area contributed by atoms with Crippen molar-refractivity contribution in [3.05, 3.63) is 93.9 Å². The smallest absolute Gasteiger partial charge is 0.321 e. The molecule has 0 saturated carbocycles. The van der Waals surface area contributed by atoms with Gasteiger partial charge < -0.3 is 20.5 Å². The minimum Gasteiger partial charge on any atom is -0.327 e. The third kappa shape index (κ3) is 4.27. The molecule has 162 valence electrons. The molecule has 3 N–H and O–H groups in total. The Hall–Kier alpha value is -4.27. The lowest BCUT2D eigenvalue weighted by atomic mass is 9.97. The number of anilines is 1. The van der Waals surface area contributed by atoms with Gasteiger partial charge in [-0.1, -0.05) is 24.3 Å². The van der Waals surface area contributed by atoms with E-state index in [9.17, 15) is 18.8 Å². The SMILES string of the molecule is Cc1ccc(-c2cncc(=O)[nH]2)cc1NC(=O)C1=CN(C)C(=O)N[C@H]1c1ccc(F)cc1. The van der Waals surface area contributed by atoms with E-state index in [0.717, 1.165) is 5.56 Å². The molecule has 0 fully saturated rings. The zero-order valence-electron chi connectivity index (χ0n) is 17.3. The van der Waals surface area contributed by atoms with Gasteiger partial charge >= 0.3 is 6.03 Å². The highest BCUT2D eigenvalue weighted by Crippen LogP contribution is 2.29. The Morgan fingerprint density at radius 3 is 2.59 bits per heavy atom. The molecule has 2 heterocycles. The average Bonchev–Trinajstić information content (AvgIpc) is 2.77. The second kappa shape index (κ2) is 8.46. The largest absolute Gasteiger partial charge is 0.327 e. The quantitative estimate of drug-likeness (QED) is 0.588. The summed E-state index contributed by atoms with van der Waals surface area (Å²) in [5, 5.41) is 5.64. The first kappa shape index (κ1) is 21.0. The third-order valence-corrected chi connectivity index (χ3v) is 5.15. The van der Waals surface area contributed by atoms with Gasteiger partial charge in [0.1, 0.15) is 5.82 Å². The second-order valence-electron chi connectivity index (χ2n) is 7.42.